The van der Waals surface area contributed by atoms with Crippen molar-refractivity contribution in [1.82, 2.24) is 9.55 Å². The molecule has 0 bridgehead atoms. The first-order valence-corrected chi connectivity index (χ1v) is 13.2. The van der Waals surface area contributed by atoms with Crippen LogP contribution < -0.4 is 9.84 Å². The molecule has 7 nitrogen and oxygen atoms in total. The number of aromatic nitrogens is 2. The van der Waals surface area contributed by atoms with Gasteiger partial charge in [0.1, 0.15) is 17.4 Å². The molecule has 1 aliphatic heterocycles. The van der Waals surface area contributed by atoms with Crippen LogP contribution in [0, 0.1) is 5.82 Å². The number of carboxylic acid groups (broad SMARTS) is 1. The van der Waals surface area contributed by atoms with Crippen LogP contribution in [0.3, 0.4) is 0 Å². The summed E-state index contributed by atoms with van der Waals surface area (Å²) in [6.07, 6.45) is 0.967. The van der Waals surface area contributed by atoms with Gasteiger partial charge < -0.3 is 19.2 Å². The monoisotopic (exact) mass is 529 g/mol. The van der Waals surface area contributed by atoms with Crippen LogP contribution in [0.5, 0.6) is 5.75 Å². The minimum absolute atomic E-state index is 0.0527. The maximum Gasteiger partial charge on any atom is 0.387 e. The van der Waals surface area contributed by atoms with Crippen LogP contribution >= 0.6 is 0 Å². The van der Waals surface area contributed by atoms with Crippen LogP contribution in [0.25, 0.3) is 22.2 Å². The van der Waals surface area contributed by atoms with Crippen molar-refractivity contribution in [3.8, 4) is 16.9 Å². The molecule has 0 saturated carbocycles. The van der Waals surface area contributed by atoms with Gasteiger partial charge in [0.2, 0.25) is 0 Å². The fourth-order valence-corrected chi connectivity index (χ4v) is 5.56. The molecule has 0 amide bonds. The normalized spacial score (nSPS) is 17.3. The predicted octanol–water partition coefficient (Wildman–Crippen LogP) is 4.06. The van der Waals surface area contributed by atoms with Gasteiger partial charge in [-0.05, 0) is 42.7 Å². The van der Waals surface area contributed by atoms with Crippen molar-refractivity contribution in [3.05, 3.63) is 77.9 Å². The minimum Gasteiger partial charge on any atom is -0.550 e. The van der Waals surface area contributed by atoms with Crippen LogP contribution in [0.4, 0.5) is 13.2 Å². The lowest BCUT2D eigenvalue weighted by Gasteiger charge is -2.19. The van der Waals surface area contributed by atoms with Gasteiger partial charge >= 0.3 is 6.61 Å². The molecule has 2 heterocycles. The van der Waals surface area contributed by atoms with E-state index in [0.29, 0.717) is 22.5 Å². The number of carbonyl (C=O) groups excluding carboxylic acids is 1. The van der Waals surface area contributed by atoms with E-state index in [1.54, 1.807) is 28.8 Å². The Hall–Kier alpha value is -3.86. The van der Waals surface area contributed by atoms with Crippen LogP contribution in [0.1, 0.15) is 36.2 Å². The molecule has 0 aliphatic carbocycles. The van der Waals surface area contributed by atoms with Gasteiger partial charge in [0.05, 0.1) is 22.0 Å². The van der Waals surface area contributed by atoms with E-state index in [4.69, 9.17) is 4.74 Å². The zero-order valence-electron chi connectivity index (χ0n) is 19.4. The average Bonchev–Trinajstić information content (AvgIpc) is 3.35. The summed E-state index contributed by atoms with van der Waals surface area (Å²) in [5.74, 6) is -2.17. The first-order valence-electron chi connectivity index (χ1n) is 11.3. The number of fused-ring (bicyclic) bond motifs is 3. The van der Waals surface area contributed by atoms with Crippen molar-refractivity contribution in [2.75, 3.05) is 6.26 Å². The largest absolute Gasteiger partial charge is 0.550 e. The Bertz CT molecular complexity index is 1620. The number of hydrogen-bond donors (Lipinski definition) is 0. The summed E-state index contributed by atoms with van der Waals surface area (Å²) < 4.78 is 71.4. The summed E-state index contributed by atoms with van der Waals surface area (Å²) >= 11 is 0. The molecule has 0 fully saturated rings. The fourth-order valence-electron chi connectivity index (χ4n) is 4.93. The number of hydrogen-bond acceptors (Lipinski definition) is 6. The van der Waals surface area contributed by atoms with E-state index < -0.39 is 40.2 Å². The smallest absolute Gasteiger partial charge is 0.387 e. The maximum absolute atomic E-state index is 15.2. The molecule has 0 radical (unpaired) electrons. The first-order chi connectivity index (χ1) is 17.5. The second-order valence-electron chi connectivity index (χ2n) is 8.90. The molecule has 4 aromatic rings. The number of rotatable bonds is 7. The molecule has 0 saturated heterocycles. The Morgan fingerprint density at radius 1 is 1.16 bits per heavy atom. The Kier molecular flexibility index (Phi) is 6.18. The quantitative estimate of drug-likeness (QED) is 0.358. The lowest BCUT2D eigenvalue weighted by Crippen LogP contribution is -2.24. The van der Waals surface area contributed by atoms with E-state index in [1.807, 2.05) is 0 Å². The molecular formula is C26H20F3N2O5S-. The molecule has 1 aromatic heterocycles. The summed E-state index contributed by atoms with van der Waals surface area (Å²) in [4.78, 5) is 16.0. The van der Waals surface area contributed by atoms with Gasteiger partial charge in [-0.1, -0.05) is 30.3 Å². The SMILES string of the molecule is CS(=O)(=O)c1ccc(-c2cc3c(cc2F)nc2n3C(c3ccccc3OC(F)F)CC2CC(=O)[O-])cc1. The highest BCUT2D eigenvalue weighted by atomic mass is 32.2. The third kappa shape index (κ3) is 4.66. The zero-order valence-corrected chi connectivity index (χ0v) is 20.2. The number of para-hydroxylation sites is 1. The van der Waals surface area contributed by atoms with Gasteiger partial charge in [-0.2, -0.15) is 8.78 Å². The van der Waals surface area contributed by atoms with Crippen LogP contribution in [0.15, 0.2) is 65.6 Å². The van der Waals surface area contributed by atoms with E-state index in [2.05, 4.69) is 4.98 Å². The number of benzene rings is 3. The molecule has 3 aromatic carbocycles. The molecule has 2 unspecified atom stereocenters. The van der Waals surface area contributed by atoms with Crippen molar-refractivity contribution >= 4 is 26.8 Å². The van der Waals surface area contributed by atoms with Gasteiger partial charge in [-0.3, -0.25) is 0 Å². The van der Waals surface area contributed by atoms with Gasteiger partial charge in [0.25, 0.3) is 0 Å². The second-order valence-corrected chi connectivity index (χ2v) is 10.9. The van der Waals surface area contributed by atoms with E-state index in [1.165, 1.54) is 36.4 Å². The van der Waals surface area contributed by atoms with Crippen molar-refractivity contribution in [2.45, 2.75) is 36.3 Å². The number of sulfone groups is 1. The van der Waals surface area contributed by atoms with E-state index in [-0.39, 0.29) is 34.6 Å². The van der Waals surface area contributed by atoms with Crippen LogP contribution in [-0.2, 0) is 14.6 Å². The fraction of sp³-hybridized carbons (Fsp3) is 0.231. The van der Waals surface area contributed by atoms with Crippen molar-refractivity contribution in [3.63, 3.8) is 0 Å². The highest BCUT2D eigenvalue weighted by Gasteiger charge is 2.37. The lowest BCUT2D eigenvalue weighted by atomic mass is 9.95. The highest BCUT2D eigenvalue weighted by molar-refractivity contribution is 7.90. The van der Waals surface area contributed by atoms with Gasteiger partial charge in [-0.15, -0.1) is 0 Å². The topological polar surface area (TPSA) is 101 Å². The van der Waals surface area contributed by atoms with Crippen molar-refractivity contribution < 1.29 is 36.2 Å². The first kappa shape index (κ1) is 24.8. The molecule has 0 spiro atoms. The summed E-state index contributed by atoms with van der Waals surface area (Å²) in [7, 11) is -3.44. The molecule has 1 aliphatic rings. The minimum atomic E-state index is -3.44. The van der Waals surface area contributed by atoms with E-state index in [0.717, 1.165) is 6.26 Å². The summed E-state index contributed by atoms with van der Waals surface area (Å²) in [5.41, 5.74) is 1.74. The van der Waals surface area contributed by atoms with Gasteiger partial charge in [0.15, 0.2) is 9.84 Å². The van der Waals surface area contributed by atoms with Crippen molar-refractivity contribution in [1.29, 1.82) is 0 Å². The Labute approximate surface area is 210 Å². The third-order valence-corrected chi connectivity index (χ3v) is 7.62. The van der Waals surface area contributed by atoms with Crippen LogP contribution in [-0.4, -0.2) is 36.8 Å². The molecule has 2 atom stereocenters. The molecule has 5 rings (SSSR count). The van der Waals surface area contributed by atoms with Crippen molar-refractivity contribution in [2.24, 2.45) is 0 Å². The van der Waals surface area contributed by atoms with Gasteiger partial charge in [0, 0.05) is 35.3 Å². The van der Waals surface area contributed by atoms with E-state index in [9.17, 15) is 27.1 Å². The predicted molar refractivity (Wildman–Crippen MR) is 126 cm³/mol. The zero-order chi connectivity index (χ0) is 26.5. The number of carbonyl (C=O) groups is 1. The third-order valence-electron chi connectivity index (χ3n) is 6.49. The summed E-state index contributed by atoms with van der Waals surface area (Å²) in [6.45, 7) is -3.06. The Morgan fingerprint density at radius 3 is 2.51 bits per heavy atom. The molecule has 37 heavy (non-hydrogen) atoms. The number of imidazole rings is 1. The number of nitrogens with zero attached hydrogens (tertiary/aromatic N) is 2. The Balaban J connectivity index is 1.68. The number of alkyl halides is 2. The molecule has 192 valence electrons. The lowest BCUT2D eigenvalue weighted by molar-refractivity contribution is -0.306. The van der Waals surface area contributed by atoms with Gasteiger partial charge in [-0.25, -0.2) is 17.8 Å². The molecular weight excluding hydrogens is 509 g/mol. The molecule has 11 heteroatoms. The number of ether oxygens (including phenoxy) is 1. The molecule has 0 N–H and O–H groups in total. The second kappa shape index (κ2) is 9.22. The average molecular weight is 530 g/mol. The summed E-state index contributed by atoms with van der Waals surface area (Å²) in [5, 5.41) is 11.5. The highest BCUT2D eigenvalue weighted by Crippen LogP contribution is 2.46. The number of carboxylic acids is 1. The maximum atomic E-state index is 15.2. The Morgan fingerprint density at radius 2 is 1.86 bits per heavy atom. The van der Waals surface area contributed by atoms with E-state index >= 15 is 4.39 Å². The number of halogens is 3. The number of aliphatic carboxylic acids is 1. The summed E-state index contributed by atoms with van der Waals surface area (Å²) in [6, 6.07) is 14.1. The standard InChI is InChI=1S/C26H21F3N2O5S/c1-37(34,35)16-8-6-14(7-9-16)18-12-22-20(13-19(18)27)30-25-15(11-24(32)33)10-21(31(22)25)17-4-2-3-5-23(17)36-26(28)29/h2-9,12-13,15,21,26H,10-11H2,1H3,(H,32,33)/p-1. The van der Waals surface area contributed by atoms with Crippen LogP contribution in [0.2, 0.25) is 0 Å².